The minimum atomic E-state index is -0.789. The van der Waals surface area contributed by atoms with E-state index in [1.165, 1.54) is 0 Å². The number of rotatable bonds is 4. The Bertz CT molecular complexity index is 755. The Morgan fingerprint density at radius 2 is 1.81 bits per heavy atom. The van der Waals surface area contributed by atoms with Crippen molar-refractivity contribution in [1.82, 2.24) is 4.90 Å². The Hall–Kier alpha value is -1.95. The summed E-state index contributed by atoms with van der Waals surface area (Å²) in [7, 11) is 1.67. The van der Waals surface area contributed by atoms with E-state index in [0.29, 0.717) is 26.3 Å². The van der Waals surface area contributed by atoms with Crippen LogP contribution >= 0.6 is 12.4 Å². The van der Waals surface area contributed by atoms with E-state index < -0.39 is 5.60 Å². The molecule has 0 spiro atoms. The largest absolute Gasteiger partial charge is 0.496 e. The van der Waals surface area contributed by atoms with Crippen molar-refractivity contribution in [1.29, 1.82) is 0 Å². The fraction of sp³-hybridized carbons (Fsp3) is 0.400. The lowest BCUT2D eigenvalue weighted by Gasteiger charge is -2.25. The van der Waals surface area contributed by atoms with Crippen molar-refractivity contribution in [2.24, 2.45) is 0 Å². The van der Waals surface area contributed by atoms with Gasteiger partial charge in [-0.15, -0.1) is 12.4 Å². The Kier molecular flexibility index (Phi) is 5.61. The highest BCUT2D eigenvalue weighted by atomic mass is 35.5. The summed E-state index contributed by atoms with van der Waals surface area (Å²) in [6, 6.07) is 13.8. The molecular weight excluding hydrogens is 354 g/mol. The molecule has 140 valence electrons. The lowest BCUT2D eigenvalue weighted by molar-refractivity contribution is 0.0452. The molecule has 0 saturated carbocycles. The van der Waals surface area contributed by atoms with Crippen LogP contribution in [-0.4, -0.2) is 43.4 Å². The van der Waals surface area contributed by atoms with E-state index in [0.717, 1.165) is 41.3 Å². The molecule has 0 aromatic heterocycles. The van der Waals surface area contributed by atoms with Crippen molar-refractivity contribution in [3.8, 4) is 17.2 Å². The Morgan fingerprint density at radius 3 is 2.50 bits per heavy atom. The van der Waals surface area contributed by atoms with Gasteiger partial charge in [-0.25, -0.2) is 0 Å². The van der Waals surface area contributed by atoms with Crippen LogP contribution in [0.15, 0.2) is 42.5 Å². The molecule has 4 rings (SSSR count). The average molecular weight is 378 g/mol. The van der Waals surface area contributed by atoms with Gasteiger partial charge in [-0.05, 0) is 18.1 Å². The van der Waals surface area contributed by atoms with Crippen LogP contribution in [0.2, 0.25) is 0 Å². The van der Waals surface area contributed by atoms with E-state index in [1.807, 2.05) is 42.5 Å². The van der Waals surface area contributed by atoms with Crippen LogP contribution in [0, 0.1) is 0 Å². The molecule has 0 aliphatic carbocycles. The molecule has 0 bridgehead atoms. The van der Waals surface area contributed by atoms with E-state index >= 15 is 0 Å². The van der Waals surface area contributed by atoms with Crippen molar-refractivity contribution in [3.05, 3.63) is 53.6 Å². The molecule has 6 heteroatoms. The Morgan fingerprint density at radius 1 is 1.12 bits per heavy atom. The Labute approximate surface area is 159 Å². The summed E-state index contributed by atoms with van der Waals surface area (Å²) < 4.78 is 16.8. The number of β-amino-alcohol motifs (C(OH)–C–C–N with tert-alkyl or cyclic N) is 1. The van der Waals surface area contributed by atoms with Crippen LogP contribution < -0.4 is 14.2 Å². The summed E-state index contributed by atoms with van der Waals surface area (Å²) in [6.07, 6.45) is 0.726. The highest BCUT2D eigenvalue weighted by Gasteiger charge is 2.37. The van der Waals surface area contributed by atoms with Gasteiger partial charge in [0.15, 0.2) is 11.5 Å². The van der Waals surface area contributed by atoms with Crippen LogP contribution in [0.1, 0.15) is 17.5 Å². The zero-order valence-electron chi connectivity index (χ0n) is 14.8. The zero-order valence-corrected chi connectivity index (χ0v) is 15.6. The number of hydrogen-bond acceptors (Lipinski definition) is 5. The molecule has 2 heterocycles. The third-order valence-electron chi connectivity index (χ3n) is 4.98. The third kappa shape index (κ3) is 3.61. The molecule has 2 aromatic carbocycles. The predicted molar refractivity (Wildman–Crippen MR) is 101 cm³/mol. The summed E-state index contributed by atoms with van der Waals surface area (Å²) in [6.45, 7) is 3.27. The summed E-state index contributed by atoms with van der Waals surface area (Å²) in [5.41, 5.74) is 1.23. The predicted octanol–water partition coefficient (Wildman–Crippen LogP) is 2.98. The number of fused-ring (bicyclic) bond motifs is 1. The van der Waals surface area contributed by atoms with Crippen LogP contribution in [0.3, 0.4) is 0 Å². The average Bonchev–Trinajstić information content (AvgIpc) is 3.04. The van der Waals surface area contributed by atoms with Gasteiger partial charge in [-0.3, -0.25) is 4.90 Å². The quantitative estimate of drug-likeness (QED) is 0.887. The molecule has 2 aliphatic rings. The molecule has 1 saturated heterocycles. The summed E-state index contributed by atoms with van der Waals surface area (Å²) in [5, 5.41) is 11.0. The maximum absolute atomic E-state index is 11.0. The second kappa shape index (κ2) is 7.74. The van der Waals surface area contributed by atoms with Crippen LogP contribution in [0.5, 0.6) is 17.2 Å². The van der Waals surface area contributed by atoms with Crippen LogP contribution in [-0.2, 0) is 12.1 Å². The van der Waals surface area contributed by atoms with Crippen molar-refractivity contribution in [2.75, 3.05) is 33.4 Å². The van der Waals surface area contributed by atoms with Gasteiger partial charge >= 0.3 is 0 Å². The van der Waals surface area contributed by atoms with Crippen molar-refractivity contribution in [2.45, 2.75) is 18.6 Å². The molecular formula is C20H24ClNO4. The summed E-state index contributed by atoms with van der Waals surface area (Å²) >= 11 is 0. The zero-order chi connectivity index (χ0) is 17.3. The van der Waals surface area contributed by atoms with E-state index in [-0.39, 0.29) is 12.4 Å². The first kappa shape index (κ1) is 18.8. The molecule has 26 heavy (non-hydrogen) atoms. The van der Waals surface area contributed by atoms with Gasteiger partial charge in [-0.2, -0.15) is 0 Å². The van der Waals surface area contributed by atoms with Crippen molar-refractivity contribution < 1.29 is 19.3 Å². The highest BCUT2D eigenvalue weighted by Crippen LogP contribution is 2.39. The fourth-order valence-corrected chi connectivity index (χ4v) is 3.66. The number of halogens is 1. The van der Waals surface area contributed by atoms with Gasteiger partial charge in [-0.1, -0.05) is 30.3 Å². The first-order valence-corrected chi connectivity index (χ1v) is 8.65. The summed E-state index contributed by atoms with van der Waals surface area (Å²) in [4.78, 5) is 2.25. The summed E-state index contributed by atoms with van der Waals surface area (Å²) in [5.74, 6) is 2.29. The second-order valence-electron chi connectivity index (χ2n) is 6.67. The second-order valence-corrected chi connectivity index (χ2v) is 6.67. The minimum Gasteiger partial charge on any atom is -0.496 e. The first-order valence-electron chi connectivity index (χ1n) is 8.65. The third-order valence-corrected chi connectivity index (χ3v) is 4.98. The van der Waals surface area contributed by atoms with Gasteiger partial charge in [0.05, 0.1) is 7.11 Å². The molecule has 1 atom stereocenters. The van der Waals surface area contributed by atoms with Gasteiger partial charge in [0.2, 0.25) is 0 Å². The maximum Gasteiger partial charge on any atom is 0.165 e. The number of hydrogen-bond donors (Lipinski definition) is 1. The van der Waals surface area contributed by atoms with Crippen molar-refractivity contribution in [3.63, 3.8) is 0 Å². The minimum absolute atomic E-state index is 0. The number of ether oxygens (including phenoxy) is 3. The van der Waals surface area contributed by atoms with E-state index in [4.69, 9.17) is 14.2 Å². The molecule has 0 radical (unpaired) electrons. The standard InChI is InChI=1S/C20H23NO4.ClH/c1-23-17-12-19-18(24-9-10-25-19)11-15(17)13-21-8-7-20(22,14-21)16-5-3-2-4-6-16;/h2-6,11-12,22H,7-10,13-14H2,1H3;1H. The van der Waals surface area contributed by atoms with Gasteiger partial charge < -0.3 is 19.3 Å². The highest BCUT2D eigenvalue weighted by molar-refractivity contribution is 5.85. The van der Waals surface area contributed by atoms with Gasteiger partial charge in [0.1, 0.15) is 24.6 Å². The fourth-order valence-electron chi connectivity index (χ4n) is 3.66. The number of methoxy groups -OCH3 is 1. The number of likely N-dealkylation sites (tertiary alicyclic amines) is 1. The van der Waals surface area contributed by atoms with E-state index in [9.17, 15) is 5.11 Å². The van der Waals surface area contributed by atoms with Crippen LogP contribution in [0.25, 0.3) is 0 Å². The smallest absolute Gasteiger partial charge is 0.165 e. The normalized spacial score (nSPS) is 21.9. The molecule has 1 fully saturated rings. The van der Waals surface area contributed by atoms with Crippen LogP contribution in [0.4, 0.5) is 0 Å². The molecule has 2 aliphatic heterocycles. The maximum atomic E-state index is 11.0. The first-order chi connectivity index (χ1) is 12.2. The molecule has 5 nitrogen and oxygen atoms in total. The monoisotopic (exact) mass is 377 g/mol. The Balaban J connectivity index is 0.00000196. The van der Waals surface area contributed by atoms with E-state index in [2.05, 4.69) is 4.90 Å². The van der Waals surface area contributed by atoms with Gasteiger partial charge in [0.25, 0.3) is 0 Å². The van der Waals surface area contributed by atoms with Crippen molar-refractivity contribution >= 4 is 12.4 Å². The number of aliphatic hydroxyl groups is 1. The number of benzene rings is 2. The topological polar surface area (TPSA) is 51.2 Å². The lowest BCUT2D eigenvalue weighted by Crippen LogP contribution is -2.30. The van der Waals surface area contributed by atoms with Gasteiger partial charge in [0, 0.05) is 31.3 Å². The molecule has 1 N–H and O–H groups in total. The molecule has 0 amide bonds. The molecule has 1 unspecified atom stereocenters. The lowest BCUT2D eigenvalue weighted by atomic mass is 9.93. The number of nitrogens with zero attached hydrogens (tertiary/aromatic N) is 1. The SMILES string of the molecule is COc1cc2c(cc1CN1CCC(O)(c3ccccc3)C1)OCCO2.Cl. The van der Waals surface area contributed by atoms with E-state index in [1.54, 1.807) is 7.11 Å². The molecule has 2 aromatic rings.